The van der Waals surface area contributed by atoms with E-state index >= 15 is 0 Å². The van der Waals surface area contributed by atoms with E-state index in [9.17, 15) is 4.79 Å². The summed E-state index contributed by atoms with van der Waals surface area (Å²) in [5.41, 5.74) is 2.39. The third kappa shape index (κ3) is 3.83. The number of para-hydroxylation sites is 1. The molecule has 0 aliphatic carbocycles. The van der Waals surface area contributed by atoms with Crippen molar-refractivity contribution in [1.29, 1.82) is 0 Å². The molecule has 0 radical (unpaired) electrons. The zero-order valence-corrected chi connectivity index (χ0v) is 14.7. The van der Waals surface area contributed by atoms with E-state index in [1.165, 1.54) is 0 Å². The first-order valence-corrected chi connectivity index (χ1v) is 8.96. The van der Waals surface area contributed by atoms with Crippen LogP contribution in [0.2, 0.25) is 0 Å². The van der Waals surface area contributed by atoms with Crippen LogP contribution in [0, 0.1) is 5.41 Å². The highest BCUT2D eigenvalue weighted by molar-refractivity contribution is 8.22. The maximum Gasteiger partial charge on any atom is 0.170 e. The number of allylic oxidation sites excluding steroid dienone is 1. The van der Waals surface area contributed by atoms with Crippen molar-refractivity contribution in [3.05, 3.63) is 34.1 Å². The first-order valence-electron chi connectivity index (χ1n) is 6.51. The van der Waals surface area contributed by atoms with E-state index < -0.39 is 5.41 Å². The first-order chi connectivity index (χ1) is 9.36. The Hall–Kier alpha value is -0.870. The van der Waals surface area contributed by atoms with Crippen molar-refractivity contribution in [3.8, 4) is 0 Å². The van der Waals surface area contributed by atoms with E-state index in [0.29, 0.717) is 0 Å². The van der Waals surface area contributed by atoms with Crippen LogP contribution < -0.4 is 5.32 Å². The Balaban J connectivity index is 3.55. The highest BCUT2D eigenvalue weighted by atomic mass is 32.2. The molecule has 0 aliphatic heterocycles. The smallest absolute Gasteiger partial charge is 0.170 e. The molecular weight excluding hydrogens is 286 g/mol. The number of hydrogen-bond donors (Lipinski definition) is 1. The van der Waals surface area contributed by atoms with Crippen molar-refractivity contribution in [3.63, 3.8) is 0 Å². The number of rotatable bonds is 5. The van der Waals surface area contributed by atoms with E-state index in [4.69, 9.17) is 0 Å². The average molecular weight is 310 g/mol. The van der Waals surface area contributed by atoms with Gasteiger partial charge in [-0.3, -0.25) is 4.79 Å². The summed E-state index contributed by atoms with van der Waals surface area (Å²) >= 11 is 3.26. The van der Waals surface area contributed by atoms with Gasteiger partial charge in [0.25, 0.3) is 0 Å². The van der Waals surface area contributed by atoms with Crippen molar-refractivity contribution < 1.29 is 4.79 Å². The van der Waals surface area contributed by atoms with Gasteiger partial charge in [0, 0.05) is 29.3 Å². The lowest BCUT2D eigenvalue weighted by Crippen LogP contribution is -2.22. The van der Waals surface area contributed by atoms with Gasteiger partial charge < -0.3 is 5.32 Å². The Morgan fingerprint density at radius 2 is 1.65 bits per heavy atom. The standard InChI is InChI=1S/C16H23NOS2/c1-16(2,3)14(18)13(15(19-5)20-6)11-9-7-8-10-12(11)17-4/h7-10,17H,1-6H3. The molecule has 1 aromatic rings. The maximum atomic E-state index is 12.9. The Bertz CT molecular complexity index is 509. The van der Waals surface area contributed by atoms with Crippen LogP contribution in [0.4, 0.5) is 5.69 Å². The molecule has 1 aromatic carbocycles. The lowest BCUT2D eigenvalue weighted by Gasteiger charge is -2.22. The summed E-state index contributed by atoms with van der Waals surface area (Å²) in [6.07, 6.45) is 4.04. The minimum absolute atomic E-state index is 0.180. The number of anilines is 1. The highest BCUT2D eigenvalue weighted by Crippen LogP contribution is 2.39. The molecule has 0 aliphatic rings. The monoisotopic (exact) mass is 309 g/mol. The molecule has 0 bridgehead atoms. The number of carbonyl (C=O) groups excluding carboxylic acids is 1. The van der Waals surface area contributed by atoms with Crippen LogP contribution in [0.1, 0.15) is 26.3 Å². The topological polar surface area (TPSA) is 29.1 Å². The quantitative estimate of drug-likeness (QED) is 0.796. The number of benzene rings is 1. The summed E-state index contributed by atoms with van der Waals surface area (Å²) in [6.45, 7) is 5.90. The Morgan fingerprint density at radius 3 is 2.10 bits per heavy atom. The number of ketones is 1. The molecule has 0 amide bonds. The summed E-state index contributed by atoms with van der Waals surface area (Å²) in [7, 11) is 1.88. The molecule has 1 N–H and O–H groups in total. The summed E-state index contributed by atoms with van der Waals surface area (Å²) < 4.78 is 1.06. The second-order valence-electron chi connectivity index (χ2n) is 5.45. The first kappa shape index (κ1) is 17.2. The molecule has 4 heteroatoms. The fraction of sp³-hybridized carbons (Fsp3) is 0.438. The SMILES string of the molecule is CNc1ccccc1C(C(=O)C(C)(C)C)=C(SC)SC. The minimum Gasteiger partial charge on any atom is -0.388 e. The average Bonchev–Trinajstić information content (AvgIpc) is 2.43. The lowest BCUT2D eigenvalue weighted by molar-refractivity contribution is -0.120. The fourth-order valence-corrected chi connectivity index (χ4v) is 3.39. The van der Waals surface area contributed by atoms with Gasteiger partial charge in [-0.05, 0) is 18.6 Å². The molecule has 0 spiro atoms. The van der Waals surface area contributed by atoms with E-state index in [-0.39, 0.29) is 5.78 Å². The van der Waals surface area contributed by atoms with Crippen LogP contribution in [-0.2, 0) is 4.79 Å². The summed E-state index contributed by atoms with van der Waals surface area (Å²) in [6, 6.07) is 7.97. The third-order valence-corrected chi connectivity index (χ3v) is 5.10. The van der Waals surface area contributed by atoms with Crippen molar-refractivity contribution >= 4 is 40.6 Å². The molecule has 0 heterocycles. The molecule has 2 nitrogen and oxygen atoms in total. The number of hydrogen-bond acceptors (Lipinski definition) is 4. The van der Waals surface area contributed by atoms with Crippen molar-refractivity contribution in [1.82, 2.24) is 0 Å². The van der Waals surface area contributed by atoms with E-state index in [1.807, 2.05) is 64.6 Å². The van der Waals surface area contributed by atoms with Crippen molar-refractivity contribution in [2.24, 2.45) is 5.41 Å². The molecule has 0 atom stereocenters. The lowest BCUT2D eigenvalue weighted by atomic mass is 9.84. The third-order valence-electron chi connectivity index (χ3n) is 2.95. The molecule has 0 saturated carbocycles. The van der Waals surface area contributed by atoms with Gasteiger partial charge in [0.1, 0.15) is 0 Å². The number of carbonyl (C=O) groups is 1. The predicted octanol–water partition coefficient (Wildman–Crippen LogP) is 4.74. The molecule has 0 unspecified atom stereocenters. The van der Waals surface area contributed by atoms with Gasteiger partial charge >= 0.3 is 0 Å². The zero-order chi connectivity index (χ0) is 15.3. The normalized spacial score (nSPS) is 11.1. The van der Waals surface area contributed by atoms with Gasteiger partial charge in [0.05, 0.1) is 4.24 Å². The van der Waals surface area contributed by atoms with Gasteiger partial charge in [-0.15, -0.1) is 23.5 Å². The van der Waals surface area contributed by atoms with Gasteiger partial charge in [0.2, 0.25) is 0 Å². The fourth-order valence-electron chi connectivity index (χ4n) is 1.91. The highest BCUT2D eigenvalue weighted by Gasteiger charge is 2.29. The molecular formula is C16H23NOS2. The number of nitrogens with one attached hydrogen (secondary N) is 1. The van der Waals surface area contributed by atoms with E-state index in [0.717, 1.165) is 21.1 Å². The molecule has 1 rings (SSSR count). The molecule has 0 fully saturated rings. The van der Waals surface area contributed by atoms with Gasteiger partial charge in [-0.25, -0.2) is 0 Å². The van der Waals surface area contributed by atoms with Crippen LogP contribution in [0.25, 0.3) is 5.57 Å². The van der Waals surface area contributed by atoms with Crippen LogP contribution in [0.15, 0.2) is 28.5 Å². The van der Waals surface area contributed by atoms with E-state index in [1.54, 1.807) is 23.5 Å². The molecule has 110 valence electrons. The van der Waals surface area contributed by atoms with E-state index in [2.05, 4.69) is 5.32 Å². The van der Waals surface area contributed by atoms with Crippen LogP contribution in [0.3, 0.4) is 0 Å². The Morgan fingerprint density at radius 1 is 1.10 bits per heavy atom. The molecule has 0 saturated heterocycles. The Kier molecular flexibility index (Phi) is 6.21. The number of thioether (sulfide) groups is 2. The summed E-state index contributed by atoms with van der Waals surface area (Å²) in [4.78, 5) is 12.9. The van der Waals surface area contributed by atoms with Gasteiger partial charge in [-0.2, -0.15) is 0 Å². The van der Waals surface area contributed by atoms with Crippen LogP contribution >= 0.6 is 23.5 Å². The second-order valence-corrected chi connectivity index (χ2v) is 7.34. The molecule has 20 heavy (non-hydrogen) atoms. The van der Waals surface area contributed by atoms with Crippen molar-refractivity contribution in [2.75, 3.05) is 24.9 Å². The summed E-state index contributed by atoms with van der Waals surface area (Å²) in [5.74, 6) is 0.180. The van der Waals surface area contributed by atoms with Gasteiger partial charge in [-0.1, -0.05) is 39.0 Å². The Labute approximate surface area is 130 Å². The second kappa shape index (κ2) is 7.23. The predicted molar refractivity (Wildman–Crippen MR) is 94.4 cm³/mol. The summed E-state index contributed by atoms with van der Waals surface area (Å²) in [5, 5.41) is 3.18. The molecule has 0 aromatic heterocycles. The number of Topliss-reactive ketones (excluding diaryl/α,β-unsaturated/α-hetero) is 1. The van der Waals surface area contributed by atoms with Gasteiger partial charge in [0.15, 0.2) is 5.78 Å². The minimum atomic E-state index is -0.396. The largest absolute Gasteiger partial charge is 0.388 e. The zero-order valence-electron chi connectivity index (χ0n) is 13.0. The van der Waals surface area contributed by atoms with Crippen LogP contribution in [-0.4, -0.2) is 25.3 Å². The van der Waals surface area contributed by atoms with Crippen LogP contribution in [0.5, 0.6) is 0 Å². The maximum absolute atomic E-state index is 12.9. The van der Waals surface area contributed by atoms with Crippen molar-refractivity contribution in [2.45, 2.75) is 20.8 Å².